The van der Waals surface area contributed by atoms with Crippen molar-refractivity contribution < 1.29 is 18.3 Å². The molecule has 0 unspecified atom stereocenters. The van der Waals surface area contributed by atoms with Gasteiger partial charge in [0.05, 0.1) is 0 Å². The molecule has 0 radical (unpaired) electrons. The van der Waals surface area contributed by atoms with Gasteiger partial charge in [-0.15, -0.1) is 0 Å². The van der Waals surface area contributed by atoms with E-state index < -0.39 is 11.8 Å². The fraction of sp³-hybridized carbons (Fsp3) is 0.600. The Labute approximate surface area is 136 Å². The number of hydrogen-bond donors (Lipinski definition) is 2. The Hall–Kier alpha value is -0.630. The van der Waals surface area contributed by atoms with Crippen LogP contribution in [0.3, 0.4) is 0 Å². The standard InChI is InChI=1S/C15H20BrF3N2O/c16-12-3-1-11(2-4-12)9-13(10-20)21-7-5-14(22,6-8-21)15(17,18)19/h1-4,13,22H,5-10,20H2/t13-/m0/s1. The van der Waals surface area contributed by atoms with Gasteiger partial charge in [0.1, 0.15) is 0 Å². The molecule has 0 saturated carbocycles. The minimum Gasteiger partial charge on any atom is -0.380 e. The summed E-state index contributed by atoms with van der Waals surface area (Å²) in [6, 6.07) is 7.80. The van der Waals surface area contributed by atoms with E-state index >= 15 is 0 Å². The molecule has 22 heavy (non-hydrogen) atoms. The normalized spacial score (nSPS) is 20.8. The molecule has 2 rings (SSSR count). The van der Waals surface area contributed by atoms with Gasteiger partial charge in [-0.25, -0.2) is 0 Å². The molecule has 124 valence electrons. The number of aliphatic hydroxyl groups is 1. The van der Waals surface area contributed by atoms with E-state index in [4.69, 9.17) is 5.73 Å². The molecule has 1 atom stereocenters. The number of benzene rings is 1. The average molecular weight is 381 g/mol. The van der Waals surface area contributed by atoms with Crippen LogP contribution in [0.5, 0.6) is 0 Å². The fourth-order valence-electron chi connectivity index (χ4n) is 2.80. The Morgan fingerprint density at radius 3 is 2.23 bits per heavy atom. The maximum atomic E-state index is 12.8. The SMILES string of the molecule is NC[C@H](Cc1ccc(Br)cc1)N1CCC(O)(C(F)(F)F)CC1. The Kier molecular flexibility index (Phi) is 5.53. The monoisotopic (exact) mass is 380 g/mol. The van der Waals surface area contributed by atoms with E-state index in [0.29, 0.717) is 13.0 Å². The molecular formula is C15H20BrF3N2O. The average Bonchev–Trinajstić information content (AvgIpc) is 2.47. The molecule has 1 aromatic rings. The number of likely N-dealkylation sites (tertiary alicyclic amines) is 1. The molecule has 1 saturated heterocycles. The van der Waals surface area contributed by atoms with Crippen LogP contribution in [-0.2, 0) is 6.42 Å². The van der Waals surface area contributed by atoms with Gasteiger partial charge in [0.25, 0.3) is 0 Å². The molecule has 0 bridgehead atoms. The van der Waals surface area contributed by atoms with Crippen molar-refractivity contribution in [1.82, 2.24) is 4.90 Å². The third-order valence-corrected chi connectivity index (χ3v) is 4.85. The van der Waals surface area contributed by atoms with Gasteiger partial charge in [-0.2, -0.15) is 13.2 Å². The lowest BCUT2D eigenvalue weighted by Gasteiger charge is -2.42. The number of piperidine rings is 1. The molecule has 1 fully saturated rings. The second-order valence-electron chi connectivity index (χ2n) is 5.79. The summed E-state index contributed by atoms with van der Waals surface area (Å²) >= 11 is 3.37. The van der Waals surface area contributed by atoms with Crippen LogP contribution in [0.4, 0.5) is 13.2 Å². The van der Waals surface area contributed by atoms with Gasteiger partial charge >= 0.3 is 6.18 Å². The van der Waals surface area contributed by atoms with E-state index in [-0.39, 0.29) is 32.0 Å². The maximum Gasteiger partial charge on any atom is 0.417 e. The minimum absolute atomic E-state index is 0.0149. The van der Waals surface area contributed by atoms with Gasteiger partial charge in [-0.05, 0) is 37.0 Å². The highest BCUT2D eigenvalue weighted by Gasteiger charge is 2.54. The van der Waals surface area contributed by atoms with Crippen molar-refractivity contribution in [1.29, 1.82) is 0 Å². The first-order chi connectivity index (χ1) is 10.2. The van der Waals surface area contributed by atoms with Gasteiger partial charge in [0.2, 0.25) is 0 Å². The summed E-state index contributed by atoms with van der Waals surface area (Å²) in [5, 5.41) is 9.71. The van der Waals surface area contributed by atoms with Gasteiger partial charge < -0.3 is 10.8 Å². The highest BCUT2D eigenvalue weighted by atomic mass is 79.9. The highest BCUT2D eigenvalue weighted by molar-refractivity contribution is 9.10. The van der Waals surface area contributed by atoms with E-state index in [9.17, 15) is 18.3 Å². The van der Waals surface area contributed by atoms with Crippen LogP contribution in [0.15, 0.2) is 28.7 Å². The lowest BCUT2D eigenvalue weighted by atomic mass is 9.89. The molecule has 0 spiro atoms. The lowest BCUT2D eigenvalue weighted by Crippen LogP contribution is -2.56. The third-order valence-electron chi connectivity index (χ3n) is 4.33. The summed E-state index contributed by atoms with van der Waals surface area (Å²) in [4.78, 5) is 1.95. The summed E-state index contributed by atoms with van der Waals surface area (Å²) < 4.78 is 39.4. The minimum atomic E-state index is -4.57. The molecule has 1 aliphatic heterocycles. The van der Waals surface area contributed by atoms with Crippen LogP contribution in [0.1, 0.15) is 18.4 Å². The van der Waals surface area contributed by atoms with Crippen molar-refractivity contribution in [3.05, 3.63) is 34.3 Å². The molecule has 3 nitrogen and oxygen atoms in total. The second-order valence-corrected chi connectivity index (χ2v) is 6.70. The van der Waals surface area contributed by atoms with Crippen LogP contribution in [0.25, 0.3) is 0 Å². The topological polar surface area (TPSA) is 49.5 Å². The van der Waals surface area contributed by atoms with Crippen molar-refractivity contribution in [3.8, 4) is 0 Å². The molecule has 3 N–H and O–H groups in total. The molecule has 1 aliphatic rings. The smallest absolute Gasteiger partial charge is 0.380 e. The predicted octanol–water partition coefficient (Wildman–Crippen LogP) is 2.71. The Bertz CT molecular complexity index is 485. The molecule has 0 aromatic heterocycles. The van der Waals surface area contributed by atoms with Crippen molar-refractivity contribution in [2.75, 3.05) is 19.6 Å². The number of nitrogens with zero attached hydrogens (tertiary/aromatic N) is 1. The van der Waals surface area contributed by atoms with E-state index in [0.717, 1.165) is 10.0 Å². The van der Waals surface area contributed by atoms with Gasteiger partial charge in [0, 0.05) is 30.1 Å². The molecule has 7 heteroatoms. The first-order valence-electron chi connectivity index (χ1n) is 7.23. The number of rotatable bonds is 4. The Morgan fingerprint density at radius 2 is 1.77 bits per heavy atom. The van der Waals surface area contributed by atoms with Crippen LogP contribution >= 0.6 is 15.9 Å². The van der Waals surface area contributed by atoms with E-state index in [1.165, 1.54) is 0 Å². The fourth-order valence-corrected chi connectivity index (χ4v) is 3.06. The largest absolute Gasteiger partial charge is 0.417 e. The van der Waals surface area contributed by atoms with Gasteiger partial charge in [-0.1, -0.05) is 28.1 Å². The summed E-state index contributed by atoms with van der Waals surface area (Å²) in [6.45, 7) is 0.781. The van der Waals surface area contributed by atoms with Crippen molar-refractivity contribution in [2.24, 2.45) is 5.73 Å². The third kappa shape index (κ3) is 4.01. The summed E-state index contributed by atoms with van der Waals surface area (Å²) in [5.41, 5.74) is 4.34. The van der Waals surface area contributed by atoms with Crippen LogP contribution in [0.2, 0.25) is 0 Å². The van der Waals surface area contributed by atoms with E-state index in [2.05, 4.69) is 15.9 Å². The Morgan fingerprint density at radius 1 is 1.23 bits per heavy atom. The van der Waals surface area contributed by atoms with Crippen LogP contribution < -0.4 is 5.73 Å². The number of hydrogen-bond acceptors (Lipinski definition) is 3. The predicted molar refractivity (Wildman–Crippen MR) is 82.5 cm³/mol. The quantitative estimate of drug-likeness (QED) is 0.844. The number of nitrogens with two attached hydrogens (primary N) is 1. The van der Waals surface area contributed by atoms with E-state index in [1.807, 2.05) is 29.2 Å². The van der Waals surface area contributed by atoms with E-state index in [1.54, 1.807) is 0 Å². The van der Waals surface area contributed by atoms with Crippen LogP contribution in [-0.4, -0.2) is 47.5 Å². The molecular weight excluding hydrogens is 361 g/mol. The molecule has 1 aromatic carbocycles. The van der Waals surface area contributed by atoms with Gasteiger partial charge in [0.15, 0.2) is 5.60 Å². The zero-order valence-electron chi connectivity index (χ0n) is 12.1. The summed E-state index contributed by atoms with van der Waals surface area (Å²) in [7, 11) is 0. The van der Waals surface area contributed by atoms with Crippen molar-refractivity contribution >= 4 is 15.9 Å². The second kappa shape index (κ2) is 6.86. The summed E-state index contributed by atoms with van der Waals surface area (Å²) in [5.74, 6) is 0. The van der Waals surface area contributed by atoms with Crippen LogP contribution in [0, 0.1) is 0 Å². The first kappa shape index (κ1) is 17.7. The van der Waals surface area contributed by atoms with Crippen molar-refractivity contribution in [2.45, 2.75) is 37.1 Å². The molecule has 0 aliphatic carbocycles. The maximum absolute atomic E-state index is 12.8. The molecule has 1 heterocycles. The Balaban J connectivity index is 1.97. The van der Waals surface area contributed by atoms with Crippen molar-refractivity contribution in [3.63, 3.8) is 0 Å². The highest BCUT2D eigenvalue weighted by Crippen LogP contribution is 2.38. The van der Waals surface area contributed by atoms with Gasteiger partial charge in [-0.3, -0.25) is 4.90 Å². The lowest BCUT2D eigenvalue weighted by molar-refractivity contribution is -0.273. The molecule has 0 amide bonds. The number of alkyl halides is 3. The summed E-state index contributed by atoms with van der Waals surface area (Å²) in [6.07, 6.45) is -4.47. The zero-order valence-corrected chi connectivity index (χ0v) is 13.7. The number of halogens is 4. The first-order valence-corrected chi connectivity index (χ1v) is 8.02. The zero-order chi connectivity index (χ0) is 16.4.